The summed E-state index contributed by atoms with van der Waals surface area (Å²) in [4.78, 5) is 28.1. The van der Waals surface area contributed by atoms with Crippen molar-refractivity contribution >= 4 is 15.7 Å². The summed E-state index contributed by atoms with van der Waals surface area (Å²) in [5.41, 5.74) is 5.86. The number of halogens is 1. The van der Waals surface area contributed by atoms with Gasteiger partial charge < -0.3 is 15.6 Å². The van der Waals surface area contributed by atoms with Crippen molar-refractivity contribution in [2.75, 3.05) is 0 Å². The zero-order valence-corrected chi connectivity index (χ0v) is 24.7. The Bertz CT molecular complexity index is 1960. The van der Waals surface area contributed by atoms with Gasteiger partial charge in [-0.2, -0.15) is 10.2 Å². The van der Waals surface area contributed by atoms with Crippen LogP contribution in [0.25, 0.3) is 11.1 Å². The van der Waals surface area contributed by atoms with Gasteiger partial charge in [0.1, 0.15) is 18.2 Å². The molecule has 0 spiro atoms. The van der Waals surface area contributed by atoms with E-state index in [0.717, 1.165) is 25.0 Å². The predicted molar refractivity (Wildman–Crippen MR) is 158 cm³/mol. The first kappa shape index (κ1) is 30.6. The van der Waals surface area contributed by atoms with E-state index < -0.39 is 43.9 Å². The number of sulfone groups is 1. The average molecular weight is 617 g/mol. The summed E-state index contributed by atoms with van der Waals surface area (Å²) in [5, 5.41) is 21.1. The largest absolute Gasteiger partial charge is 0.493 e. The van der Waals surface area contributed by atoms with Crippen LogP contribution in [0.15, 0.2) is 81.3 Å². The van der Waals surface area contributed by atoms with Crippen LogP contribution in [-0.2, 0) is 21.2 Å². The third kappa shape index (κ3) is 5.97. The van der Waals surface area contributed by atoms with Crippen molar-refractivity contribution < 1.29 is 27.4 Å². The fourth-order valence-electron chi connectivity index (χ4n) is 5.16. The molecule has 3 N–H and O–H groups in total. The van der Waals surface area contributed by atoms with Crippen molar-refractivity contribution in [3.8, 4) is 23.1 Å². The first-order valence-electron chi connectivity index (χ1n) is 13.8. The van der Waals surface area contributed by atoms with E-state index >= 15 is 0 Å². The standard InChI is InChI=1S/C32H29FN4O6S/c1-18(2)43-17-27-36-31(39)29(32(40)37(27)28(21-6-7-21)22-5-3-4-19(14-22)16-34)44(41,42)24-11-8-20(9-12-24)25-13-10-23(33)15-26(25)30(35)38/h3-5,8-15,18,21,28,40H,6-7,17H2,1-2H3,(H2,35,38)/t28-/m0/s1. The van der Waals surface area contributed by atoms with E-state index in [1.54, 1.807) is 38.1 Å². The number of benzene rings is 3. The Kier molecular flexibility index (Phi) is 8.36. The van der Waals surface area contributed by atoms with Crippen LogP contribution < -0.4 is 11.3 Å². The van der Waals surface area contributed by atoms with Crippen molar-refractivity contribution in [1.29, 1.82) is 5.26 Å². The Morgan fingerprint density at radius 2 is 1.86 bits per heavy atom. The van der Waals surface area contributed by atoms with Crippen LogP contribution in [0.2, 0.25) is 0 Å². The van der Waals surface area contributed by atoms with Gasteiger partial charge >= 0.3 is 0 Å². The van der Waals surface area contributed by atoms with Crippen molar-refractivity contribution in [2.24, 2.45) is 11.7 Å². The highest BCUT2D eigenvalue weighted by atomic mass is 32.2. The molecule has 0 aliphatic heterocycles. The van der Waals surface area contributed by atoms with Gasteiger partial charge in [-0.25, -0.2) is 12.8 Å². The van der Waals surface area contributed by atoms with E-state index in [4.69, 9.17) is 10.5 Å². The minimum atomic E-state index is -4.63. The highest BCUT2D eigenvalue weighted by molar-refractivity contribution is 7.91. The number of nitrogens with two attached hydrogens (primary N) is 1. The summed E-state index contributed by atoms with van der Waals surface area (Å²) in [6.07, 6.45) is 1.30. The molecule has 4 aromatic rings. The number of ether oxygens (including phenoxy) is 1. The van der Waals surface area contributed by atoms with E-state index in [9.17, 15) is 32.8 Å². The second-order valence-corrected chi connectivity index (χ2v) is 12.7. The molecule has 1 amide bonds. The number of hydrogen-bond donors (Lipinski definition) is 2. The second-order valence-electron chi connectivity index (χ2n) is 10.8. The van der Waals surface area contributed by atoms with E-state index in [1.807, 2.05) is 0 Å². The topological polar surface area (TPSA) is 165 Å². The fourth-order valence-corrected chi connectivity index (χ4v) is 6.50. The normalized spacial score (nSPS) is 13.9. The molecule has 1 atom stereocenters. The van der Waals surface area contributed by atoms with Crippen LogP contribution in [0.5, 0.6) is 5.88 Å². The van der Waals surface area contributed by atoms with Gasteiger partial charge in [0.05, 0.1) is 28.7 Å². The van der Waals surface area contributed by atoms with Crippen molar-refractivity contribution in [3.63, 3.8) is 0 Å². The maximum absolute atomic E-state index is 13.9. The quantitative estimate of drug-likeness (QED) is 0.263. The lowest BCUT2D eigenvalue weighted by Gasteiger charge is -2.26. The van der Waals surface area contributed by atoms with Crippen molar-refractivity contribution in [2.45, 2.75) is 55.2 Å². The first-order chi connectivity index (χ1) is 20.9. The molecule has 1 saturated carbocycles. The number of hydrogen-bond acceptors (Lipinski definition) is 8. The smallest absolute Gasteiger partial charge is 0.296 e. The number of carbonyl (C=O) groups excluding carboxylic acids is 1. The summed E-state index contributed by atoms with van der Waals surface area (Å²) in [6, 6.07) is 16.9. The molecule has 1 fully saturated rings. The second kappa shape index (κ2) is 12.0. The molecule has 0 bridgehead atoms. The van der Waals surface area contributed by atoms with Gasteiger partial charge in [0.2, 0.25) is 21.6 Å². The number of amides is 1. The molecular weight excluding hydrogens is 587 g/mol. The van der Waals surface area contributed by atoms with E-state index in [2.05, 4.69) is 11.1 Å². The van der Waals surface area contributed by atoms with Crippen molar-refractivity contribution in [3.05, 3.63) is 105 Å². The molecule has 44 heavy (non-hydrogen) atoms. The number of nitriles is 1. The van der Waals surface area contributed by atoms with Gasteiger partial charge in [-0.3, -0.25) is 14.2 Å². The molecule has 1 heterocycles. The molecule has 0 saturated heterocycles. The van der Waals surface area contributed by atoms with E-state index in [-0.39, 0.29) is 40.5 Å². The molecule has 1 aliphatic carbocycles. The van der Waals surface area contributed by atoms with Crippen LogP contribution in [-0.4, -0.2) is 35.1 Å². The SMILES string of the molecule is CC(C)OCc1nc(=O)c(S(=O)(=O)c2ccc(-c3ccc(F)cc3C(N)=O)cc2)c(O)n1[C@H](c1cccc(C#N)c1)C1CC1. The molecule has 5 rings (SSSR count). The van der Waals surface area contributed by atoms with Gasteiger partial charge in [0.15, 0.2) is 4.90 Å². The van der Waals surface area contributed by atoms with Crippen LogP contribution >= 0.6 is 0 Å². The van der Waals surface area contributed by atoms with Crippen LogP contribution in [0.3, 0.4) is 0 Å². The van der Waals surface area contributed by atoms with Gasteiger partial charge in [-0.1, -0.05) is 30.3 Å². The summed E-state index contributed by atoms with van der Waals surface area (Å²) in [7, 11) is -4.63. The fraction of sp³-hybridized carbons (Fsp3) is 0.250. The Morgan fingerprint density at radius 3 is 2.48 bits per heavy atom. The number of nitrogens with zero attached hydrogens (tertiary/aromatic N) is 3. The zero-order chi connectivity index (χ0) is 31.8. The molecule has 0 unspecified atom stereocenters. The van der Waals surface area contributed by atoms with Crippen LogP contribution in [0.4, 0.5) is 4.39 Å². The zero-order valence-electron chi connectivity index (χ0n) is 23.9. The van der Waals surface area contributed by atoms with Crippen LogP contribution in [0.1, 0.15) is 60.0 Å². The minimum absolute atomic E-state index is 0.0121. The monoisotopic (exact) mass is 616 g/mol. The number of primary amides is 1. The summed E-state index contributed by atoms with van der Waals surface area (Å²) in [5.74, 6) is -2.27. The molecule has 10 nitrogen and oxygen atoms in total. The molecule has 1 aromatic heterocycles. The number of aromatic nitrogens is 2. The summed E-state index contributed by atoms with van der Waals surface area (Å²) >= 11 is 0. The Balaban J connectivity index is 1.65. The molecule has 0 radical (unpaired) electrons. The van der Waals surface area contributed by atoms with Gasteiger partial charge in [-0.05, 0) is 85.7 Å². The number of aromatic hydroxyl groups is 1. The molecule has 12 heteroatoms. The van der Waals surface area contributed by atoms with Crippen LogP contribution in [0, 0.1) is 23.1 Å². The minimum Gasteiger partial charge on any atom is -0.493 e. The average Bonchev–Trinajstić information content (AvgIpc) is 3.83. The predicted octanol–water partition coefficient (Wildman–Crippen LogP) is 4.48. The Hall–Kier alpha value is -4.86. The van der Waals surface area contributed by atoms with Crippen molar-refractivity contribution in [1.82, 2.24) is 9.55 Å². The lowest BCUT2D eigenvalue weighted by atomic mass is 9.99. The van der Waals surface area contributed by atoms with E-state index in [0.29, 0.717) is 16.7 Å². The Morgan fingerprint density at radius 1 is 1.16 bits per heavy atom. The lowest BCUT2D eigenvalue weighted by Crippen LogP contribution is -2.29. The highest BCUT2D eigenvalue weighted by Gasteiger charge is 2.39. The third-order valence-electron chi connectivity index (χ3n) is 7.38. The number of rotatable bonds is 10. The summed E-state index contributed by atoms with van der Waals surface area (Å²) in [6.45, 7) is 3.41. The highest BCUT2D eigenvalue weighted by Crippen LogP contribution is 2.46. The number of carbonyl (C=O) groups is 1. The summed E-state index contributed by atoms with van der Waals surface area (Å²) < 4.78 is 48.6. The first-order valence-corrected chi connectivity index (χ1v) is 15.3. The molecule has 1 aliphatic rings. The van der Waals surface area contributed by atoms with Gasteiger partial charge in [0.25, 0.3) is 5.56 Å². The van der Waals surface area contributed by atoms with Gasteiger partial charge in [0, 0.05) is 5.56 Å². The lowest BCUT2D eigenvalue weighted by molar-refractivity contribution is 0.0568. The maximum Gasteiger partial charge on any atom is 0.296 e. The Labute approximate surface area is 253 Å². The van der Waals surface area contributed by atoms with Gasteiger partial charge in [-0.15, -0.1) is 0 Å². The molecule has 226 valence electrons. The molecule has 3 aromatic carbocycles. The molecular formula is C32H29FN4O6S. The third-order valence-corrected chi connectivity index (χ3v) is 9.16. The maximum atomic E-state index is 13.9. The van der Waals surface area contributed by atoms with E-state index in [1.165, 1.54) is 34.9 Å².